The fourth-order valence-electron chi connectivity index (χ4n) is 2.29. The first-order chi connectivity index (χ1) is 10.5. The van der Waals surface area contributed by atoms with Crippen LogP contribution in [0, 0.1) is 10.1 Å². The van der Waals surface area contributed by atoms with Crippen molar-refractivity contribution < 1.29 is 19.6 Å². The quantitative estimate of drug-likeness (QED) is 0.507. The number of nitro benzene ring substituents is 1. The Bertz CT molecular complexity index is 599. The SMILES string of the molecule is O=C(O)c1ccc(SCC(=O)N2CCCCC2)c([N+](=O)[O-])c1. The lowest BCUT2D eigenvalue weighted by atomic mass is 10.1. The molecule has 0 radical (unpaired) electrons. The molecular weight excluding hydrogens is 308 g/mol. The van der Waals surface area contributed by atoms with Crippen LogP contribution in [0.3, 0.4) is 0 Å². The van der Waals surface area contributed by atoms with Crippen LogP contribution < -0.4 is 0 Å². The number of hydrogen-bond acceptors (Lipinski definition) is 5. The van der Waals surface area contributed by atoms with Gasteiger partial charge in [0.2, 0.25) is 5.91 Å². The zero-order valence-corrected chi connectivity index (χ0v) is 12.7. The van der Waals surface area contributed by atoms with E-state index in [1.165, 1.54) is 12.1 Å². The van der Waals surface area contributed by atoms with Crippen LogP contribution in [0.1, 0.15) is 29.6 Å². The van der Waals surface area contributed by atoms with Crippen molar-refractivity contribution >= 4 is 29.3 Å². The summed E-state index contributed by atoms with van der Waals surface area (Å²) >= 11 is 1.07. The first-order valence-corrected chi connectivity index (χ1v) is 7.90. The van der Waals surface area contributed by atoms with Crippen LogP contribution in [0.4, 0.5) is 5.69 Å². The van der Waals surface area contributed by atoms with Gasteiger partial charge >= 0.3 is 5.97 Å². The van der Waals surface area contributed by atoms with Crippen LogP contribution in [0.5, 0.6) is 0 Å². The third-order valence-electron chi connectivity index (χ3n) is 3.46. The topological polar surface area (TPSA) is 101 Å². The molecule has 1 aliphatic rings. The van der Waals surface area contributed by atoms with Gasteiger partial charge in [0.05, 0.1) is 21.1 Å². The maximum atomic E-state index is 12.1. The number of benzene rings is 1. The normalized spacial score (nSPS) is 14.6. The molecule has 0 aliphatic carbocycles. The van der Waals surface area contributed by atoms with Gasteiger partial charge in [-0.3, -0.25) is 14.9 Å². The molecule has 1 fully saturated rings. The number of piperidine rings is 1. The van der Waals surface area contributed by atoms with E-state index in [1.54, 1.807) is 4.90 Å². The lowest BCUT2D eigenvalue weighted by Crippen LogP contribution is -2.36. The van der Waals surface area contributed by atoms with E-state index in [4.69, 9.17) is 5.11 Å². The number of thioether (sulfide) groups is 1. The molecule has 0 saturated carbocycles. The molecule has 2 rings (SSSR count). The van der Waals surface area contributed by atoms with Crippen molar-refractivity contribution in [2.24, 2.45) is 0 Å². The van der Waals surface area contributed by atoms with E-state index in [0.29, 0.717) is 4.90 Å². The van der Waals surface area contributed by atoms with E-state index in [-0.39, 0.29) is 22.9 Å². The van der Waals surface area contributed by atoms with Crippen molar-refractivity contribution in [3.8, 4) is 0 Å². The van der Waals surface area contributed by atoms with E-state index in [9.17, 15) is 19.7 Å². The minimum absolute atomic E-state index is 0.0405. The van der Waals surface area contributed by atoms with Crippen LogP contribution in [-0.4, -0.2) is 45.6 Å². The number of carboxylic acid groups (broad SMARTS) is 1. The highest BCUT2D eigenvalue weighted by Gasteiger charge is 2.21. The van der Waals surface area contributed by atoms with Crippen LogP contribution in [-0.2, 0) is 4.79 Å². The summed E-state index contributed by atoms with van der Waals surface area (Å²) in [7, 11) is 0. The first kappa shape index (κ1) is 16.3. The number of amides is 1. The van der Waals surface area contributed by atoms with E-state index in [2.05, 4.69) is 0 Å². The van der Waals surface area contributed by atoms with Gasteiger partial charge in [-0.15, -0.1) is 11.8 Å². The second-order valence-electron chi connectivity index (χ2n) is 4.97. The maximum Gasteiger partial charge on any atom is 0.335 e. The molecule has 22 heavy (non-hydrogen) atoms. The third kappa shape index (κ3) is 3.97. The summed E-state index contributed by atoms with van der Waals surface area (Å²) < 4.78 is 0. The van der Waals surface area contributed by atoms with Crippen molar-refractivity contribution in [1.29, 1.82) is 0 Å². The average Bonchev–Trinajstić information content (AvgIpc) is 2.53. The number of nitro groups is 1. The smallest absolute Gasteiger partial charge is 0.335 e. The number of rotatable bonds is 5. The van der Waals surface area contributed by atoms with Crippen molar-refractivity contribution in [2.75, 3.05) is 18.8 Å². The Morgan fingerprint density at radius 1 is 1.27 bits per heavy atom. The number of carbonyl (C=O) groups excluding carboxylic acids is 1. The molecule has 1 amide bonds. The highest BCUT2D eigenvalue weighted by Crippen LogP contribution is 2.30. The number of carboxylic acids is 1. The Kier molecular flexibility index (Phi) is 5.37. The summed E-state index contributed by atoms with van der Waals surface area (Å²) in [5.74, 6) is -1.14. The number of hydrogen-bond donors (Lipinski definition) is 1. The summed E-state index contributed by atoms with van der Waals surface area (Å²) in [6.45, 7) is 1.47. The Morgan fingerprint density at radius 3 is 2.55 bits per heavy atom. The van der Waals surface area contributed by atoms with Gasteiger partial charge in [0.15, 0.2) is 0 Å². The maximum absolute atomic E-state index is 12.1. The van der Waals surface area contributed by atoms with Gasteiger partial charge < -0.3 is 10.0 Å². The molecule has 1 saturated heterocycles. The molecule has 1 aliphatic heterocycles. The molecule has 7 nitrogen and oxygen atoms in total. The molecular formula is C14H16N2O5S. The molecule has 118 valence electrons. The fraction of sp³-hybridized carbons (Fsp3) is 0.429. The lowest BCUT2D eigenvalue weighted by molar-refractivity contribution is -0.387. The highest BCUT2D eigenvalue weighted by atomic mass is 32.2. The second-order valence-corrected chi connectivity index (χ2v) is 5.99. The summed E-state index contributed by atoms with van der Waals surface area (Å²) in [6, 6.07) is 3.72. The average molecular weight is 324 g/mol. The van der Waals surface area contributed by atoms with Crippen LogP contribution in [0.25, 0.3) is 0 Å². The second kappa shape index (κ2) is 7.26. The standard InChI is InChI=1S/C14H16N2O5S/c17-13(15-6-2-1-3-7-15)9-22-12-5-4-10(14(18)19)8-11(12)16(20)21/h4-5,8H,1-3,6-7,9H2,(H,18,19). The van der Waals surface area contributed by atoms with E-state index >= 15 is 0 Å². The number of aromatic carboxylic acids is 1. The predicted molar refractivity (Wildman–Crippen MR) is 81.2 cm³/mol. The van der Waals surface area contributed by atoms with Gasteiger partial charge in [-0.25, -0.2) is 4.79 Å². The number of nitrogens with zero attached hydrogens (tertiary/aromatic N) is 2. The van der Waals surface area contributed by atoms with Crippen molar-refractivity contribution in [1.82, 2.24) is 4.90 Å². The van der Waals surface area contributed by atoms with Crippen LogP contribution in [0.15, 0.2) is 23.1 Å². The molecule has 0 aromatic heterocycles. The van der Waals surface area contributed by atoms with Gasteiger partial charge in [-0.2, -0.15) is 0 Å². The molecule has 8 heteroatoms. The van der Waals surface area contributed by atoms with Gasteiger partial charge in [0.25, 0.3) is 5.69 Å². The van der Waals surface area contributed by atoms with Crippen LogP contribution >= 0.6 is 11.8 Å². The minimum Gasteiger partial charge on any atom is -0.478 e. The van der Waals surface area contributed by atoms with Gasteiger partial charge in [-0.1, -0.05) is 0 Å². The molecule has 0 spiro atoms. The largest absolute Gasteiger partial charge is 0.478 e. The zero-order valence-electron chi connectivity index (χ0n) is 11.9. The summed E-state index contributed by atoms with van der Waals surface area (Å²) in [5, 5.41) is 19.9. The van der Waals surface area contributed by atoms with Crippen LogP contribution in [0.2, 0.25) is 0 Å². The van der Waals surface area contributed by atoms with E-state index < -0.39 is 10.9 Å². The first-order valence-electron chi connectivity index (χ1n) is 6.91. The monoisotopic (exact) mass is 324 g/mol. The molecule has 1 N–H and O–H groups in total. The van der Waals surface area contributed by atoms with Gasteiger partial charge in [-0.05, 0) is 31.4 Å². The molecule has 1 aromatic carbocycles. The summed E-state index contributed by atoms with van der Waals surface area (Å²) in [4.78, 5) is 35.4. The molecule has 0 atom stereocenters. The molecule has 1 aromatic rings. The predicted octanol–water partition coefficient (Wildman–Crippen LogP) is 2.40. The zero-order chi connectivity index (χ0) is 16.1. The van der Waals surface area contributed by atoms with Crippen molar-refractivity contribution in [2.45, 2.75) is 24.2 Å². The molecule has 0 unspecified atom stereocenters. The van der Waals surface area contributed by atoms with Crippen molar-refractivity contribution in [3.05, 3.63) is 33.9 Å². The Labute approximate surface area is 131 Å². The lowest BCUT2D eigenvalue weighted by Gasteiger charge is -2.26. The molecule has 1 heterocycles. The molecule has 0 bridgehead atoms. The Hall–Kier alpha value is -2.09. The van der Waals surface area contributed by atoms with E-state index in [1.807, 2.05) is 0 Å². The highest BCUT2D eigenvalue weighted by molar-refractivity contribution is 8.00. The van der Waals surface area contributed by atoms with Gasteiger partial charge in [0, 0.05) is 19.2 Å². The van der Waals surface area contributed by atoms with Gasteiger partial charge in [0.1, 0.15) is 0 Å². The van der Waals surface area contributed by atoms with Crippen molar-refractivity contribution in [3.63, 3.8) is 0 Å². The Balaban J connectivity index is 2.07. The number of likely N-dealkylation sites (tertiary alicyclic amines) is 1. The summed E-state index contributed by atoms with van der Waals surface area (Å²) in [5.41, 5.74) is -0.422. The third-order valence-corrected chi connectivity index (χ3v) is 4.51. The van der Waals surface area contributed by atoms with E-state index in [0.717, 1.165) is 50.2 Å². The Morgan fingerprint density at radius 2 is 1.95 bits per heavy atom. The fourth-order valence-corrected chi connectivity index (χ4v) is 3.20. The minimum atomic E-state index is -1.22. The summed E-state index contributed by atoms with van der Waals surface area (Å²) in [6.07, 6.45) is 3.10. The number of carbonyl (C=O) groups is 2.